The Morgan fingerprint density at radius 1 is 1.37 bits per heavy atom. The first-order valence-corrected chi connectivity index (χ1v) is 7.67. The van der Waals surface area contributed by atoms with E-state index in [0.717, 1.165) is 11.4 Å². The van der Waals surface area contributed by atoms with Gasteiger partial charge in [0.25, 0.3) is 0 Å². The summed E-state index contributed by atoms with van der Waals surface area (Å²) in [4.78, 5) is 4.40. The molecule has 2 rings (SSSR count). The van der Waals surface area contributed by atoms with E-state index >= 15 is 0 Å². The molecule has 6 heteroatoms. The van der Waals surface area contributed by atoms with Gasteiger partial charge in [0, 0.05) is 25.5 Å². The molecule has 1 heterocycles. The van der Waals surface area contributed by atoms with Crippen molar-refractivity contribution < 1.29 is 8.42 Å². The molecule has 0 aliphatic carbocycles. The summed E-state index contributed by atoms with van der Waals surface area (Å²) in [5, 5.41) is 0. The molecule has 0 bridgehead atoms. The Balaban J connectivity index is 2.16. The molecule has 102 valence electrons. The maximum absolute atomic E-state index is 12.2. The Morgan fingerprint density at radius 2 is 2.16 bits per heavy atom. The van der Waals surface area contributed by atoms with Crippen molar-refractivity contribution >= 4 is 9.84 Å². The van der Waals surface area contributed by atoms with Crippen LogP contribution in [0.25, 0.3) is 0 Å². The number of hydrogen-bond donors (Lipinski definition) is 1. The van der Waals surface area contributed by atoms with Crippen LogP contribution in [0.1, 0.15) is 11.4 Å². The Hall–Kier alpha value is -1.66. The van der Waals surface area contributed by atoms with Gasteiger partial charge in [-0.05, 0) is 24.6 Å². The minimum Gasteiger partial charge on any atom is -0.334 e. The first-order chi connectivity index (χ1) is 9.03. The fourth-order valence-corrected chi connectivity index (χ4v) is 3.13. The Bertz CT molecular complexity index is 662. The minimum atomic E-state index is -3.29. The molecule has 0 saturated carbocycles. The van der Waals surface area contributed by atoms with Gasteiger partial charge in [-0.25, -0.2) is 13.4 Å². The maximum Gasteiger partial charge on any atom is 0.180 e. The summed E-state index contributed by atoms with van der Waals surface area (Å²) in [6, 6.07) is 6.78. The van der Waals surface area contributed by atoms with Crippen molar-refractivity contribution in [2.24, 2.45) is 5.73 Å². The predicted octanol–water partition coefficient (Wildman–Crippen LogP) is 1.12. The second-order valence-corrected chi connectivity index (χ2v) is 6.45. The molecule has 0 saturated heterocycles. The number of aryl methyl sites for hydroxylation is 2. The summed E-state index contributed by atoms with van der Waals surface area (Å²) in [7, 11) is -3.29. The quantitative estimate of drug-likeness (QED) is 0.889. The second kappa shape index (κ2) is 5.54. The number of aromatic nitrogens is 2. The first kappa shape index (κ1) is 13.8. The highest BCUT2D eigenvalue weighted by molar-refractivity contribution is 7.91. The monoisotopic (exact) mass is 279 g/mol. The summed E-state index contributed by atoms with van der Waals surface area (Å²) in [6.07, 6.45) is 3.44. The number of imidazole rings is 1. The van der Waals surface area contributed by atoms with Gasteiger partial charge in [0.05, 0.1) is 10.6 Å². The van der Waals surface area contributed by atoms with Crippen molar-refractivity contribution in [2.75, 3.05) is 5.75 Å². The van der Waals surface area contributed by atoms with Crippen molar-refractivity contribution in [2.45, 2.75) is 24.9 Å². The van der Waals surface area contributed by atoms with Gasteiger partial charge in [-0.15, -0.1) is 0 Å². The lowest BCUT2D eigenvalue weighted by atomic mass is 10.2. The third-order valence-electron chi connectivity index (χ3n) is 3.02. The fraction of sp³-hybridized carbons (Fsp3) is 0.308. The third-order valence-corrected chi connectivity index (χ3v) is 4.71. The van der Waals surface area contributed by atoms with E-state index in [-0.39, 0.29) is 5.75 Å². The van der Waals surface area contributed by atoms with E-state index in [2.05, 4.69) is 4.98 Å². The van der Waals surface area contributed by atoms with Crippen LogP contribution in [0.3, 0.4) is 0 Å². The average Bonchev–Trinajstić information content (AvgIpc) is 2.82. The number of hydrogen-bond acceptors (Lipinski definition) is 4. The van der Waals surface area contributed by atoms with E-state index in [0.29, 0.717) is 18.0 Å². The van der Waals surface area contributed by atoms with Crippen LogP contribution in [0.5, 0.6) is 0 Å². The molecule has 0 atom stereocenters. The van der Waals surface area contributed by atoms with Crippen LogP contribution in [0, 0.1) is 6.92 Å². The predicted molar refractivity (Wildman–Crippen MR) is 73.4 cm³/mol. The third kappa shape index (κ3) is 3.21. The van der Waals surface area contributed by atoms with Crippen molar-refractivity contribution in [3.8, 4) is 0 Å². The van der Waals surface area contributed by atoms with Crippen LogP contribution in [-0.2, 0) is 22.9 Å². The molecular formula is C13H17N3O2S. The number of nitrogens with two attached hydrogens (primary N) is 1. The van der Waals surface area contributed by atoms with E-state index in [1.165, 1.54) is 0 Å². The number of rotatable bonds is 5. The molecule has 19 heavy (non-hydrogen) atoms. The van der Waals surface area contributed by atoms with Crippen LogP contribution >= 0.6 is 0 Å². The van der Waals surface area contributed by atoms with Gasteiger partial charge in [0.15, 0.2) is 9.84 Å². The number of nitrogens with zero attached hydrogens (tertiary/aromatic N) is 2. The van der Waals surface area contributed by atoms with Gasteiger partial charge < -0.3 is 10.3 Å². The van der Waals surface area contributed by atoms with Crippen LogP contribution in [0.15, 0.2) is 41.6 Å². The average molecular weight is 279 g/mol. The molecule has 1 aromatic heterocycles. The van der Waals surface area contributed by atoms with Gasteiger partial charge in [-0.2, -0.15) is 0 Å². The zero-order valence-corrected chi connectivity index (χ0v) is 11.6. The summed E-state index contributed by atoms with van der Waals surface area (Å²) in [6.45, 7) is 2.59. The SMILES string of the molecule is Cc1nccn1CCS(=O)(=O)c1cccc(CN)c1. The lowest BCUT2D eigenvalue weighted by Gasteiger charge is -2.08. The normalized spacial score (nSPS) is 11.7. The van der Waals surface area contributed by atoms with Gasteiger partial charge in [-0.1, -0.05) is 12.1 Å². The molecule has 0 amide bonds. The second-order valence-electron chi connectivity index (χ2n) is 4.34. The van der Waals surface area contributed by atoms with E-state index in [1.54, 1.807) is 30.6 Å². The zero-order valence-electron chi connectivity index (χ0n) is 10.8. The molecule has 0 unspecified atom stereocenters. The molecule has 5 nitrogen and oxygen atoms in total. The minimum absolute atomic E-state index is 0.0538. The summed E-state index contributed by atoms with van der Waals surface area (Å²) in [5.74, 6) is 0.865. The lowest BCUT2D eigenvalue weighted by Crippen LogP contribution is -2.14. The summed E-state index contributed by atoms with van der Waals surface area (Å²) in [5.41, 5.74) is 6.35. The van der Waals surface area contributed by atoms with E-state index in [4.69, 9.17) is 5.73 Å². The van der Waals surface area contributed by atoms with E-state index in [9.17, 15) is 8.42 Å². The standard InChI is InChI=1S/C13H17N3O2S/c1-11-15-5-6-16(11)7-8-19(17,18)13-4-2-3-12(9-13)10-14/h2-6,9H,7-8,10,14H2,1H3. The fourth-order valence-electron chi connectivity index (χ4n) is 1.84. The first-order valence-electron chi connectivity index (χ1n) is 6.02. The van der Waals surface area contributed by atoms with Crippen LogP contribution in [0.4, 0.5) is 0 Å². The molecule has 0 aliphatic heterocycles. The molecule has 0 fully saturated rings. The summed E-state index contributed by atoms with van der Waals surface area (Å²) >= 11 is 0. The summed E-state index contributed by atoms with van der Waals surface area (Å²) < 4.78 is 26.3. The van der Waals surface area contributed by atoms with Crippen LogP contribution in [0.2, 0.25) is 0 Å². The van der Waals surface area contributed by atoms with Crippen LogP contribution < -0.4 is 5.73 Å². The van der Waals surface area contributed by atoms with Gasteiger partial charge in [0.2, 0.25) is 0 Å². The highest BCUT2D eigenvalue weighted by Gasteiger charge is 2.15. The largest absolute Gasteiger partial charge is 0.334 e. The van der Waals surface area contributed by atoms with E-state index < -0.39 is 9.84 Å². The van der Waals surface area contributed by atoms with Crippen LogP contribution in [-0.4, -0.2) is 23.7 Å². The highest BCUT2D eigenvalue weighted by atomic mass is 32.2. The van der Waals surface area contributed by atoms with Crippen molar-refractivity contribution in [1.29, 1.82) is 0 Å². The van der Waals surface area contributed by atoms with E-state index in [1.807, 2.05) is 17.6 Å². The molecule has 0 radical (unpaired) electrons. The molecule has 2 N–H and O–H groups in total. The highest BCUT2D eigenvalue weighted by Crippen LogP contribution is 2.14. The Morgan fingerprint density at radius 3 is 2.79 bits per heavy atom. The number of benzene rings is 1. The van der Waals surface area contributed by atoms with Gasteiger partial charge >= 0.3 is 0 Å². The number of sulfone groups is 1. The molecular weight excluding hydrogens is 262 g/mol. The molecule has 2 aromatic rings. The molecule has 1 aromatic carbocycles. The zero-order chi connectivity index (χ0) is 13.9. The molecule has 0 aliphatic rings. The Kier molecular flexibility index (Phi) is 4.01. The smallest absolute Gasteiger partial charge is 0.180 e. The Labute approximate surface area is 113 Å². The maximum atomic E-state index is 12.2. The van der Waals surface area contributed by atoms with Crippen molar-refractivity contribution in [3.63, 3.8) is 0 Å². The van der Waals surface area contributed by atoms with Crippen molar-refractivity contribution in [1.82, 2.24) is 9.55 Å². The van der Waals surface area contributed by atoms with Gasteiger partial charge in [-0.3, -0.25) is 0 Å². The molecule has 0 spiro atoms. The van der Waals surface area contributed by atoms with Crippen molar-refractivity contribution in [3.05, 3.63) is 48.0 Å². The van der Waals surface area contributed by atoms with Gasteiger partial charge in [0.1, 0.15) is 5.82 Å². The topological polar surface area (TPSA) is 78.0 Å². The lowest BCUT2D eigenvalue weighted by molar-refractivity contribution is 0.587.